The fraction of sp³-hybridized carbons (Fsp3) is 1.00. The van der Waals surface area contributed by atoms with Crippen molar-refractivity contribution in [3.05, 3.63) is 0 Å². The van der Waals surface area contributed by atoms with Crippen molar-refractivity contribution >= 4 is 0 Å². The fourth-order valence-corrected chi connectivity index (χ4v) is 2.97. The van der Waals surface area contributed by atoms with Gasteiger partial charge in [0, 0.05) is 18.1 Å². The maximum atomic E-state index is 3.54. The van der Waals surface area contributed by atoms with Gasteiger partial charge in [-0.1, -0.05) is 33.6 Å². The van der Waals surface area contributed by atoms with E-state index in [9.17, 15) is 0 Å². The first kappa shape index (κ1) is 15.0. The Morgan fingerprint density at radius 1 is 1.18 bits per heavy atom. The highest BCUT2D eigenvalue weighted by molar-refractivity contribution is 4.79. The van der Waals surface area contributed by atoms with Gasteiger partial charge in [-0.15, -0.1) is 0 Å². The monoisotopic (exact) mass is 240 g/mol. The average Bonchev–Trinajstić information content (AvgIpc) is 2.52. The van der Waals surface area contributed by atoms with Crippen LogP contribution >= 0.6 is 0 Å². The highest BCUT2D eigenvalue weighted by Crippen LogP contribution is 2.22. The van der Waals surface area contributed by atoms with Crippen LogP contribution in [0.3, 0.4) is 0 Å². The molecule has 1 fully saturated rings. The molecule has 1 aliphatic heterocycles. The van der Waals surface area contributed by atoms with E-state index >= 15 is 0 Å². The van der Waals surface area contributed by atoms with Gasteiger partial charge in [0.25, 0.3) is 0 Å². The molecule has 0 bridgehead atoms. The Balaban J connectivity index is 2.37. The lowest BCUT2D eigenvalue weighted by atomic mass is 10.0. The summed E-state index contributed by atoms with van der Waals surface area (Å²) in [6.45, 7) is 11.7. The first-order valence-corrected chi connectivity index (χ1v) is 7.64. The van der Waals surface area contributed by atoms with Crippen LogP contribution in [0.2, 0.25) is 0 Å². The number of rotatable bonds is 6. The molecule has 1 N–H and O–H groups in total. The lowest BCUT2D eigenvalue weighted by molar-refractivity contribution is 0.135. The zero-order chi connectivity index (χ0) is 12.7. The van der Waals surface area contributed by atoms with Crippen LogP contribution in [0.5, 0.6) is 0 Å². The molecule has 2 heteroatoms. The Kier molecular flexibility index (Phi) is 7.14. The van der Waals surface area contributed by atoms with Crippen LogP contribution in [0, 0.1) is 0 Å². The molecule has 1 aliphatic rings. The van der Waals surface area contributed by atoms with Gasteiger partial charge in [0.1, 0.15) is 0 Å². The van der Waals surface area contributed by atoms with Crippen molar-refractivity contribution < 1.29 is 0 Å². The fourth-order valence-electron chi connectivity index (χ4n) is 2.97. The van der Waals surface area contributed by atoms with Crippen molar-refractivity contribution in [2.24, 2.45) is 0 Å². The summed E-state index contributed by atoms with van der Waals surface area (Å²) < 4.78 is 0. The van der Waals surface area contributed by atoms with Crippen molar-refractivity contribution in [2.75, 3.05) is 13.1 Å². The molecule has 2 nitrogen and oxygen atoms in total. The highest BCUT2D eigenvalue weighted by atomic mass is 15.2. The minimum absolute atomic E-state index is 0.619. The van der Waals surface area contributed by atoms with Gasteiger partial charge in [0.2, 0.25) is 0 Å². The topological polar surface area (TPSA) is 15.3 Å². The summed E-state index contributed by atoms with van der Waals surface area (Å²) in [4.78, 5) is 2.77. The van der Waals surface area contributed by atoms with Gasteiger partial charge in [-0.05, 0) is 45.7 Å². The zero-order valence-electron chi connectivity index (χ0n) is 12.3. The molecule has 2 unspecified atom stereocenters. The number of hydrogen-bond acceptors (Lipinski definition) is 2. The molecule has 2 atom stereocenters. The summed E-state index contributed by atoms with van der Waals surface area (Å²) in [6, 6.07) is 2.20. The molecule has 17 heavy (non-hydrogen) atoms. The summed E-state index contributed by atoms with van der Waals surface area (Å²) >= 11 is 0. The lowest BCUT2D eigenvalue weighted by Gasteiger charge is -2.35. The molecular weight excluding hydrogens is 208 g/mol. The maximum absolute atomic E-state index is 3.54. The van der Waals surface area contributed by atoms with Crippen LogP contribution in [0.25, 0.3) is 0 Å². The molecule has 0 spiro atoms. The second-order valence-electron chi connectivity index (χ2n) is 5.90. The molecule has 102 valence electrons. The number of hydrogen-bond donors (Lipinski definition) is 1. The van der Waals surface area contributed by atoms with Gasteiger partial charge in [-0.3, -0.25) is 4.90 Å². The predicted octanol–water partition coefficient (Wildman–Crippen LogP) is 3.42. The first-order chi connectivity index (χ1) is 8.15. The van der Waals surface area contributed by atoms with E-state index < -0.39 is 0 Å². The Bertz CT molecular complexity index is 191. The molecule has 0 aliphatic carbocycles. The van der Waals surface area contributed by atoms with E-state index in [0.717, 1.165) is 18.6 Å². The minimum Gasteiger partial charge on any atom is -0.314 e. The molecule has 0 amide bonds. The largest absolute Gasteiger partial charge is 0.314 e. The van der Waals surface area contributed by atoms with E-state index in [4.69, 9.17) is 0 Å². The molecule has 0 aromatic rings. The van der Waals surface area contributed by atoms with Crippen LogP contribution in [0.1, 0.15) is 66.2 Å². The van der Waals surface area contributed by atoms with Crippen molar-refractivity contribution in [2.45, 2.75) is 84.3 Å². The molecule has 0 radical (unpaired) electrons. The molecule has 1 heterocycles. The van der Waals surface area contributed by atoms with E-state index in [-0.39, 0.29) is 0 Å². The number of nitrogens with zero attached hydrogens (tertiary/aromatic N) is 1. The molecule has 0 aromatic heterocycles. The molecule has 1 saturated heterocycles. The Morgan fingerprint density at radius 2 is 1.94 bits per heavy atom. The van der Waals surface area contributed by atoms with Crippen molar-refractivity contribution in [1.82, 2.24) is 10.2 Å². The Morgan fingerprint density at radius 3 is 2.59 bits per heavy atom. The lowest BCUT2D eigenvalue weighted by Crippen LogP contribution is -2.42. The Hall–Kier alpha value is -0.0800. The minimum atomic E-state index is 0.619. The van der Waals surface area contributed by atoms with Crippen molar-refractivity contribution in [1.29, 1.82) is 0 Å². The SMILES string of the molecule is CCC1CCCCCN1C(C)CCNC(C)C. The third kappa shape index (κ3) is 5.39. The van der Waals surface area contributed by atoms with Crippen molar-refractivity contribution in [3.8, 4) is 0 Å². The van der Waals surface area contributed by atoms with Crippen LogP contribution in [0.15, 0.2) is 0 Å². The second kappa shape index (κ2) is 8.10. The zero-order valence-corrected chi connectivity index (χ0v) is 12.3. The quantitative estimate of drug-likeness (QED) is 0.765. The summed E-state index contributed by atoms with van der Waals surface area (Å²) in [6.07, 6.45) is 8.30. The smallest absolute Gasteiger partial charge is 0.00954 e. The van der Waals surface area contributed by atoms with E-state index in [2.05, 4.69) is 37.9 Å². The average molecular weight is 240 g/mol. The summed E-state index contributed by atoms with van der Waals surface area (Å²) in [5.41, 5.74) is 0. The highest BCUT2D eigenvalue weighted by Gasteiger charge is 2.23. The van der Waals surface area contributed by atoms with Crippen molar-refractivity contribution in [3.63, 3.8) is 0 Å². The summed E-state index contributed by atoms with van der Waals surface area (Å²) in [7, 11) is 0. The van der Waals surface area contributed by atoms with Gasteiger partial charge in [-0.25, -0.2) is 0 Å². The van der Waals surface area contributed by atoms with Gasteiger partial charge in [-0.2, -0.15) is 0 Å². The standard InChI is InChI=1S/C15H32N2/c1-5-15-9-7-6-8-12-17(15)14(4)10-11-16-13(2)3/h13-16H,5-12H2,1-4H3. The molecule has 0 aromatic carbocycles. The maximum Gasteiger partial charge on any atom is 0.00954 e. The van der Waals surface area contributed by atoms with E-state index in [1.165, 1.54) is 45.1 Å². The van der Waals surface area contributed by atoms with Crippen LogP contribution in [-0.4, -0.2) is 36.1 Å². The predicted molar refractivity (Wildman–Crippen MR) is 76.5 cm³/mol. The third-order valence-corrected chi connectivity index (χ3v) is 4.07. The van der Waals surface area contributed by atoms with Gasteiger partial charge < -0.3 is 5.32 Å². The Labute approximate surface area is 108 Å². The molecule has 1 rings (SSSR count). The van der Waals surface area contributed by atoms with Gasteiger partial charge in [0.05, 0.1) is 0 Å². The molecular formula is C15H32N2. The van der Waals surface area contributed by atoms with E-state index in [1.807, 2.05) is 0 Å². The second-order valence-corrected chi connectivity index (χ2v) is 5.90. The van der Waals surface area contributed by atoms with Gasteiger partial charge in [0.15, 0.2) is 0 Å². The number of nitrogens with one attached hydrogen (secondary N) is 1. The van der Waals surface area contributed by atoms with Gasteiger partial charge >= 0.3 is 0 Å². The van der Waals surface area contributed by atoms with Crippen LogP contribution in [-0.2, 0) is 0 Å². The number of likely N-dealkylation sites (tertiary alicyclic amines) is 1. The van der Waals surface area contributed by atoms with E-state index in [1.54, 1.807) is 0 Å². The first-order valence-electron chi connectivity index (χ1n) is 7.64. The third-order valence-electron chi connectivity index (χ3n) is 4.07. The van der Waals surface area contributed by atoms with Crippen LogP contribution in [0.4, 0.5) is 0 Å². The van der Waals surface area contributed by atoms with Crippen LogP contribution < -0.4 is 5.32 Å². The normalized spacial score (nSPS) is 24.9. The molecule has 0 saturated carbocycles. The summed E-state index contributed by atoms with van der Waals surface area (Å²) in [5, 5.41) is 3.54. The summed E-state index contributed by atoms with van der Waals surface area (Å²) in [5.74, 6) is 0. The van der Waals surface area contributed by atoms with E-state index in [0.29, 0.717) is 6.04 Å².